The third kappa shape index (κ3) is 8.70. The summed E-state index contributed by atoms with van der Waals surface area (Å²) >= 11 is 0. The van der Waals surface area contributed by atoms with E-state index in [0.29, 0.717) is 12.0 Å². The van der Waals surface area contributed by atoms with Crippen molar-refractivity contribution in [3.05, 3.63) is 0 Å². The van der Waals surface area contributed by atoms with Crippen molar-refractivity contribution >= 4 is 10.8 Å². The molecule has 0 bridgehead atoms. The molecule has 2 atom stereocenters. The largest absolute Gasteiger partial charge is 0.317 e. The Morgan fingerprint density at radius 1 is 1.14 bits per heavy atom. The summed E-state index contributed by atoms with van der Waals surface area (Å²) in [6, 6.07) is 0.553. The maximum atomic E-state index is 11.5. The third-order valence-corrected chi connectivity index (χ3v) is 3.86. The maximum Gasteiger partial charge on any atom is 0.0237 e. The van der Waals surface area contributed by atoms with Crippen molar-refractivity contribution in [2.75, 3.05) is 18.6 Å². The summed E-state index contributed by atoms with van der Waals surface area (Å²) < 4.78 is 11.5. The smallest absolute Gasteiger partial charge is 0.0237 e. The molecule has 2 nitrogen and oxygen atoms in total. The molecule has 0 aromatic carbocycles. The van der Waals surface area contributed by atoms with Gasteiger partial charge in [-0.15, -0.1) is 0 Å². The molecule has 0 aromatic heterocycles. The maximum absolute atomic E-state index is 11.5. The molecule has 0 saturated heterocycles. The van der Waals surface area contributed by atoms with Crippen molar-refractivity contribution in [1.82, 2.24) is 5.32 Å². The monoisotopic (exact) mass is 219 g/mol. The van der Waals surface area contributed by atoms with Crippen LogP contribution in [-0.4, -0.2) is 28.8 Å². The van der Waals surface area contributed by atoms with Gasteiger partial charge in [0.1, 0.15) is 0 Å². The van der Waals surface area contributed by atoms with Crippen molar-refractivity contribution in [1.29, 1.82) is 0 Å². The van der Waals surface area contributed by atoms with E-state index in [-0.39, 0.29) is 0 Å². The molecule has 86 valence electrons. The molecule has 0 amide bonds. The summed E-state index contributed by atoms with van der Waals surface area (Å²) in [6.45, 7) is 6.53. The van der Waals surface area contributed by atoms with Crippen LogP contribution >= 0.6 is 0 Å². The molecule has 0 heterocycles. The van der Waals surface area contributed by atoms with Gasteiger partial charge in [-0.2, -0.15) is 0 Å². The average Bonchev–Trinajstić information content (AvgIpc) is 2.14. The Morgan fingerprint density at radius 3 is 2.29 bits per heavy atom. The first-order valence-corrected chi connectivity index (χ1v) is 7.07. The van der Waals surface area contributed by atoms with Crippen LogP contribution in [0.1, 0.15) is 40.0 Å². The highest BCUT2D eigenvalue weighted by Gasteiger charge is 2.03. The quantitative estimate of drug-likeness (QED) is 0.678. The van der Waals surface area contributed by atoms with Gasteiger partial charge >= 0.3 is 0 Å². The third-order valence-electron chi connectivity index (χ3n) is 2.42. The Bertz CT molecular complexity index is 159. The van der Waals surface area contributed by atoms with Gasteiger partial charge in [0.15, 0.2) is 0 Å². The first-order chi connectivity index (χ1) is 6.56. The molecule has 14 heavy (non-hydrogen) atoms. The highest BCUT2D eigenvalue weighted by atomic mass is 32.2. The summed E-state index contributed by atoms with van der Waals surface area (Å²) in [6.07, 6.45) is 3.30. The topological polar surface area (TPSA) is 29.1 Å². The van der Waals surface area contributed by atoms with E-state index in [1.165, 1.54) is 0 Å². The van der Waals surface area contributed by atoms with Crippen LogP contribution in [0.25, 0.3) is 0 Å². The predicted molar refractivity (Wildman–Crippen MR) is 65.1 cm³/mol. The fraction of sp³-hybridized carbons (Fsp3) is 1.00. The number of rotatable bonds is 8. The summed E-state index contributed by atoms with van der Waals surface area (Å²) in [7, 11) is 1.39. The molecular formula is C11H25NOS. The van der Waals surface area contributed by atoms with Crippen LogP contribution in [0.3, 0.4) is 0 Å². The lowest BCUT2D eigenvalue weighted by Gasteiger charge is -2.09. The molecule has 0 fully saturated rings. The second-order valence-electron chi connectivity index (χ2n) is 4.36. The second-order valence-corrected chi connectivity index (χ2v) is 6.06. The fourth-order valence-electron chi connectivity index (χ4n) is 1.16. The lowest BCUT2D eigenvalue weighted by molar-refractivity contribution is 0.556. The molecule has 0 aliphatic carbocycles. The molecule has 0 aliphatic rings. The first kappa shape index (κ1) is 14.1. The molecule has 1 N–H and O–H groups in total. The van der Waals surface area contributed by atoms with Crippen LogP contribution in [0.15, 0.2) is 0 Å². The van der Waals surface area contributed by atoms with Crippen LogP contribution in [-0.2, 0) is 10.8 Å². The molecule has 3 heteroatoms. The van der Waals surface area contributed by atoms with Crippen LogP contribution < -0.4 is 5.32 Å². The fourth-order valence-corrected chi connectivity index (χ4v) is 2.59. The van der Waals surface area contributed by atoms with E-state index in [1.807, 2.05) is 7.05 Å². The van der Waals surface area contributed by atoms with E-state index >= 15 is 0 Å². The zero-order chi connectivity index (χ0) is 11.0. The lowest BCUT2D eigenvalue weighted by Crippen LogP contribution is -2.21. The zero-order valence-electron chi connectivity index (χ0n) is 10.0. The Morgan fingerprint density at radius 2 is 1.79 bits per heavy atom. The Balaban J connectivity index is 3.35. The lowest BCUT2D eigenvalue weighted by atomic mass is 10.2. The highest BCUT2D eigenvalue weighted by molar-refractivity contribution is 7.84. The minimum atomic E-state index is -0.587. The molecule has 0 aromatic rings. The van der Waals surface area contributed by atoms with Gasteiger partial charge in [0.25, 0.3) is 0 Å². The van der Waals surface area contributed by atoms with Crippen LogP contribution in [0.2, 0.25) is 0 Å². The molecule has 0 spiro atoms. The normalized spacial score (nSPS) is 15.8. The van der Waals surface area contributed by atoms with Crippen molar-refractivity contribution in [3.63, 3.8) is 0 Å². The van der Waals surface area contributed by atoms with Gasteiger partial charge in [-0.05, 0) is 39.2 Å². The van der Waals surface area contributed by atoms with Crippen molar-refractivity contribution in [2.45, 2.75) is 46.1 Å². The van der Waals surface area contributed by atoms with E-state index in [4.69, 9.17) is 0 Å². The van der Waals surface area contributed by atoms with Crippen LogP contribution in [0.5, 0.6) is 0 Å². The Labute approximate surface area is 91.3 Å². The van der Waals surface area contributed by atoms with Crippen molar-refractivity contribution in [3.8, 4) is 0 Å². The minimum absolute atomic E-state index is 0.553. The van der Waals surface area contributed by atoms with Crippen molar-refractivity contribution in [2.24, 2.45) is 5.92 Å². The van der Waals surface area contributed by atoms with Gasteiger partial charge in [-0.1, -0.05) is 13.8 Å². The van der Waals surface area contributed by atoms with Gasteiger partial charge in [0.05, 0.1) is 0 Å². The SMILES string of the molecule is CNC(C)CCCS(=O)CCC(C)C. The summed E-state index contributed by atoms with van der Waals surface area (Å²) in [4.78, 5) is 0. The Hall–Kier alpha value is 0.110. The molecule has 0 rings (SSSR count). The van der Waals surface area contributed by atoms with Crippen molar-refractivity contribution < 1.29 is 4.21 Å². The van der Waals surface area contributed by atoms with Gasteiger partial charge < -0.3 is 5.32 Å². The first-order valence-electron chi connectivity index (χ1n) is 5.58. The molecular weight excluding hydrogens is 194 g/mol. The molecule has 0 saturated carbocycles. The average molecular weight is 219 g/mol. The standard InChI is InChI=1S/C11H25NOS/c1-10(2)7-9-14(13)8-5-6-11(3)12-4/h10-12H,5-9H2,1-4H3. The van der Waals surface area contributed by atoms with Crippen LogP contribution in [0, 0.1) is 5.92 Å². The number of hydrogen-bond donors (Lipinski definition) is 1. The molecule has 0 aliphatic heterocycles. The number of nitrogens with one attached hydrogen (secondary N) is 1. The molecule has 2 unspecified atom stereocenters. The summed E-state index contributed by atoms with van der Waals surface area (Å²) in [5.41, 5.74) is 0. The molecule has 0 radical (unpaired) electrons. The minimum Gasteiger partial charge on any atom is -0.317 e. The number of hydrogen-bond acceptors (Lipinski definition) is 2. The van der Waals surface area contributed by atoms with Crippen LogP contribution in [0.4, 0.5) is 0 Å². The zero-order valence-corrected chi connectivity index (χ0v) is 10.8. The van der Waals surface area contributed by atoms with E-state index in [0.717, 1.165) is 30.8 Å². The van der Waals surface area contributed by atoms with E-state index in [2.05, 4.69) is 26.1 Å². The van der Waals surface area contributed by atoms with Gasteiger partial charge in [0.2, 0.25) is 0 Å². The van der Waals surface area contributed by atoms with E-state index < -0.39 is 10.8 Å². The summed E-state index contributed by atoms with van der Waals surface area (Å²) in [5, 5.41) is 3.19. The predicted octanol–water partition coefficient (Wildman–Crippen LogP) is 2.17. The van der Waals surface area contributed by atoms with E-state index in [1.54, 1.807) is 0 Å². The van der Waals surface area contributed by atoms with Gasteiger partial charge in [0, 0.05) is 28.3 Å². The second kappa shape index (κ2) is 8.42. The van der Waals surface area contributed by atoms with Gasteiger partial charge in [-0.3, -0.25) is 4.21 Å². The highest BCUT2D eigenvalue weighted by Crippen LogP contribution is 2.03. The Kier molecular flexibility index (Phi) is 8.49. The van der Waals surface area contributed by atoms with E-state index in [9.17, 15) is 4.21 Å². The van der Waals surface area contributed by atoms with Gasteiger partial charge in [-0.25, -0.2) is 0 Å². The summed E-state index contributed by atoms with van der Waals surface area (Å²) in [5.74, 6) is 2.43.